The van der Waals surface area contributed by atoms with Crippen molar-refractivity contribution in [3.05, 3.63) is 35.5 Å². The Bertz CT molecular complexity index is 588. The van der Waals surface area contributed by atoms with Crippen LogP contribution in [0.25, 0.3) is 0 Å². The molecule has 1 aliphatic rings. The normalized spacial score (nSPS) is 19.5. The number of amides is 1. The maximum absolute atomic E-state index is 12.5. The van der Waals surface area contributed by atoms with Crippen molar-refractivity contribution in [2.75, 3.05) is 6.54 Å². The van der Waals surface area contributed by atoms with Crippen molar-refractivity contribution < 1.29 is 19.1 Å². The van der Waals surface area contributed by atoms with E-state index in [-0.39, 0.29) is 11.4 Å². The Morgan fingerprint density at radius 3 is 2.70 bits per heavy atom. The highest BCUT2D eigenvalue weighted by atomic mass is 16.3. The first kappa shape index (κ1) is 17.3. The highest BCUT2D eigenvalue weighted by Gasteiger charge is 2.44. The van der Waals surface area contributed by atoms with Gasteiger partial charge in [-0.25, -0.2) is 0 Å². The zero-order valence-electron chi connectivity index (χ0n) is 14.0. The molecule has 0 saturated heterocycles. The highest BCUT2D eigenvalue weighted by Crippen LogP contribution is 2.38. The van der Waals surface area contributed by atoms with Crippen molar-refractivity contribution in [1.82, 2.24) is 4.90 Å². The third-order valence-corrected chi connectivity index (χ3v) is 4.49. The summed E-state index contributed by atoms with van der Waals surface area (Å²) in [6.45, 7) is 6.12. The molecule has 5 nitrogen and oxygen atoms in total. The molecule has 2 heterocycles. The van der Waals surface area contributed by atoms with E-state index in [1.165, 1.54) is 13.2 Å². The molecule has 126 valence electrons. The average molecular weight is 319 g/mol. The van der Waals surface area contributed by atoms with Crippen LogP contribution in [0.3, 0.4) is 0 Å². The maximum atomic E-state index is 12.5. The molecule has 0 saturated carbocycles. The maximum Gasteiger partial charge on any atom is 0.290 e. The summed E-state index contributed by atoms with van der Waals surface area (Å²) in [7, 11) is 0. The Morgan fingerprint density at radius 1 is 1.43 bits per heavy atom. The molecular weight excluding hydrogens is 294 g/mol. The van der Waals surface area contributed by atoms with E-state index in [4.69, 9.17) is 4.42 Å². The molecule has 2 atom stereocenters. The van der Waals surface area contributed by atoms with E-state index in [0.29, 0.717) is 18.2 Å². The second-order valence-corrected chi connectivity index (χ2v) is 6.11. The summed E-state index contributed by atoms with van der Waals surface area (Å²) in [4.78, 5) is 26.0. The van der Waals surface area contributed by atoms with E-state index >= 15 is 0 Å². The number of ketones is 1. The summed E-state index contributed by atoms with van der Waals surface area (Å²) < 4.78 is 5.43. The molecule has 0 fully saturated rings. The molecular formula is C18H25NO4. The van der Waals surface area contributed by atoms with Crippen molar-refractivity contribution in [3.8, 4) is 0 Å². The van der Waals surface area contributed by atoms with Gasteiger partial charge in [0.1, 0.15) is 11.8 Å². The molecule has 2 unspecified atom stereocenters. The number of carbonyl (C=O) groups excluding carboxylic acids is 2. The Morgan fingerprint density at radius 2 is 2.17 bits per heavy atom. The summed E-state index contributed by atoms with van der Waals surface area (Å²) >= 11 is 0. The fourth-order valence-corrected chi connectivity index (χ4v) is 3.14. The van der Waals surface area contributed by atoms with Crippen LogP contribution in [0.4, 0.5) is 0 Å². The zero-order valence-corrected chi connectivity index (χ0v) is 14.0. The van der Waals surface area contributed by atoms with Crippen molar-refractivity contribution >= 4 is 11.7 Å². The number of Topliss-reactive ketones (excluding diaryl/α,β-unsaturated/α-hetero) is 1. The fourth-order valence-electron chi connectivity index (χ4n) is 3.14. The van der Waals surface area contributed by atoms with Gasteiger partial charge >= 0.3 is 0 Å². The highest BCUT2D eigenvalue weighted by molar-refractivity contribution is 6.07. The van der Waals surface area contributed by atoms with Crippen LogP contribution in [0.1, 0.15) is 58.3 Å². The van der Waals surface area contributed by atoms with E-state index in [1.807, 2.05) is 0 Å². The number of furan rings is 1. The Kier molecular flexibility index (Phi) is 5.64. The van der Waals surface area contributed by atoms with Crippen LogP contribution in [-0.2, 0) is 9.59 Å². The SMILES string of the molecule is CCCCC(CC)CN1C(=O)C(O)=C(C(C)=O)C1c1ccco1. The van der Waals surface area contributed by atoms with Gasteiger partial charge in [-0.2, -0.15) is 0 Å². The molecule has 1 amide bonds. The van der Waals surface area contributed by atoms with E-state index in [9.17, 15) is 14.7 Å². The summed E-state index contributed by atoms with van der Waals surface area (Å²) in [5, 5.41) is 10.2. The topological polar surface area (TPSA) is 70.8 Å². The van der Waals surface area contributed by atoms with Gasteiger partial charge in [-0.15, -0.1) is 0 Å². The minimum Gasteiger partial charge on any atom is -0.503 e. The molecule has 0 spiro atoms. The van der Waals surface area contributed by atoms with Gasteiger partial charge in [-0.3, -0.25) is 9.59 Å². The van der Waals surface area contributed by atoms with Gasteiger partial charge < -0.3 is 14.4 Å². The fraction of sp³-hybridized carbons (Fsp3) is 0.556. The quantitative estimate of drug-likeness (QED) is 0.791. The monoisotopic (exact) mass is 319 g/mol. The lowest BCUT2D eigenvalue weighted by atomic mass is 9.97. The van der Waals surface area contributed by atoms with Crippen LogP contribution in [0.2, 0.25) is 0 Å². The standard InChI is InChI=1S/C18H25NO4/c1-4-6-8-13(5-2)11-19-16(14-9-7-10-23-14)15(12(3)20)17(21)18(19)22/h7,9-10,13,16,21H,4-6,8,11H2,1-3H3. The lowest BCUT2D eigenvalue weighted by Gasteiger charge is -2.28. The van der Waals surface area contributed by atoms with Gasteiger partial charge in [0.15, 0.2) is 11.5 Å². The first-order chi connectivity index (χ1) is 11.0. The van der Waals surface area contributed by atoms with Crippen LogP contribution in [-0.4, -0.2) is 28.2 Å². The number of aliphatic hydroxyl groups excluding tert-OH is 1. The van der Waals surface area contributed by atoms with Crippen molar-refractivity contribution in [1.29, 1.82) is 0 Å². The van der Waals surface area contributed by atoms with Crippen molar-refractivity contribution in [3.63, 3.8) is 0 Å². The molecule has 23 heavy (non-hydrogen) atoms. The minimum absolute atomic E-state index is 0.135. The van der Waals surface area contributed by atoms with Crippen LogP contribution in [0.15, 0.2) is 34.1 Å². The van der Waals surface area contributed by atoms with Gasteiger partial charge in [-0.1, -0.05) is 33.1 Å². The molecule has 5 heteroatoms. The molecule has 2 rings (SSSR count). The van der Waals surface area contributed by atoms with Crippen molar-refractivity contribution in [2.24, 2.45) is 5.92 Å². The van der Waals surface area contributed by atoms with Gasteiger partial charge in [-0.05, 0) is 31.4 Å². The predicted molar refractivity (Wildman–Crippen MR) is 86.8 cm³/mol. The molecule has 1 aromatic heterocycles. The number of unbranched alkanes of at least 4 members (excludes halogenated alkanes) is 1. The average Bonchev–Trinajstić information content (AvgIpc) is 3.12. The van der Waals surface area contributed by atoms with Gasteiger partial charge in [0.05, 0.1) is 11.8 Å². The summed E-state index contributed by atoms with van der Waals surface area (Å²) in [6, 6.07) is 2.84. The summed E-state index contributed by atoms with van der Waals surface area (Å²) in [6.07, 6.45) is 5.70. The number of hydrogen-bond acceptors (Lipinski definition) is 4. The molecule has 1 N–H and O–H groups in total. The van der Waals surface area contributed by atoms with E-state index in [1.54, 1.807) is 17.0 Å². The number of rotatable bonds is 8. The first-order valence-corrected chi connectivity index (χ1v) is 8.29. The molecule has 0 bridgehead atoms. The number of nitrogens with zero attached hydrogens (tertiary/aromatic N) is 1. The number of carbonyl (C=O) groups is 2. The number of hydrogen-bond donors (Lipinski definition) is 1. The second kappa shape index (κ2) is 7.49. The van der Waals surface area contributed by atoms with E-state index in [2.05, 4.69) is 13.8 Å². The first-order valence-electron chi connectivity index (χ1n) is 8.29. The summed E-state index contributed by atoms with van der Waals surface area (Å²) in [5.74, 6) is -0.370. The van der Waals surface area contributed by atoms with Gasteiger partial charge in [0.25, 0.3) is 5.91 Å². The summed E-state index contributed by atoms with van der Waals surface area (Å²) in [5.41, 5.74) is 0.135. The lowest BCUT2D eigenvalue weighted by molar-refractivity contribution is -0.130. The predicted octanol–water partition coefficient (Wildman–Crippen LogP) is 3.78. The van der Waals surface area contributed by atoms with Gasteiger partial charge in [0, 0.05) is 6.54 Å². The Balaban J connectivity index is 2.30. The van der Waals surface area contributed by atoms with Crippen LogP contribution in [0, 0.1) is 5.92 Å². The smallest absolute Gasteiger partial charge is 0.290 e. The molecule has 1 aromatic rings. The van der Waals surface area contributed by atoms with Gasteiger partial charge in [0.2, 0.25) is 0 Å². The molecule has 0 radical (unpaired) electrons. The van der Waals surface area contributed by atoms with Crippen LogP contribution in [0.5, 0.6) is 0 Å². The second-order valence-electron chi connectivity index (χ2n) is 6.11. The third kappa shape index (κ3) is 3.49. The van der Waals surface area contributed by atoms with E-state index in [0.717, 1.165) is 25.7 Å². The minimum atomic E-state index is -0.620. The third-order valence-electron chi connectivity index (χ3n) is 4.49. The largest absolute Gasteiger partial charge is 0.503 e. The zero-order chi connectivity index (χ0) is 17.0. The van der Waals surface area contributed by atoms with Crippen molar-refractivity contribution in [2.45, 2.75) is 52.5 Å². The van der Waals surface area contributed by atoms with Crippen LogP contribution >= 0.6 is 0 Å². The molecule has 1 aliphatic heterocycles. The number of aliphatic hydroxyl groups is 1. The Labute approximate surface area is 137 Å². The lowest BCUT2D eigenvalue weighted by Crippen LogP contribution is -2.35. The molecule has 0 aliphatic carbocycles. The Hall–Kier alpha value is -2.04. The van der Waals surface area contributed by atoms with E-state index < -0.39 is 17.7 Å². The van der Waals surface area contributed by atoms with Crippen LogP contribution < -0.4 is 0 Å². The molecule has 0 aromatic carbocycles.